The molecule has 0 unspecified atom stereocenters. The Hall–Kier alpha value is -1.24. The Labute approximate surface area is 123 Å². The van der Waals surface area contributed by atoms with E-state index in [0.717, 1.165) is 26.2 Å². The zero-order valence-electron chi connectivity index (χ0n) is 12.0. The highest BCUT2D eigenvalue weighted by molar-refractivity contribution is 7.16. The van der Waals surface area contributed by atoms with Crippen molar-refractivity contribution in [1.29, 1.82) is 0 Å². The van der Waals surface area contributed by atoms with Gasteiger partial charge in [-0.25, -0.2) is 0 Å². The topological polar surface area (TPSA) is 66.6 Å². The standard InChI is InChI=1S/C14H21N3O2S/c1-10(2)16-5-7-17(8-6-16)14(19)13-4-3-12(20-13)11(18)9-15/h3-4,10H,5-9,15H2,1-2H3. The largest absolute Gasteiger partial charge is 0.335 e. The van der Waals surface area contributed by atoms with Gasteiger partial charge < -0.3 is 10.6 Å². The summed E-state index contributed by atoms with van der Waals surface area (Å²) in [5, 5.41) is 0. The van der Waals surface area contributed by atoms with E-state index in [0.29, 0.717) is 15.8 Å². The molecule has 0 aromatic carbocycles. The molecule has 1 aromatic rings. The zero-order valence-corrected chi connectivity index (χ0v) is 12.8. The highest BCUT2D eigenvalue weighted by Gasteiger charge is 2.24. The van der Waals surface area contributed by atoms with Crippen molar-refractivity contribution in [2.75, 3.05) is 32.7 Å². The molecule has 0 saturated carbocycles. The molecule has 0 bridgehead atoms. The summed E-state index contributed by atoms with van der Waals surface area (Å²) in [5.41, 5.74) is 5.33. The van der Waals surface area contributed by atoms with Crippen LogP contribution in [0.3, 0.4) is 0 Å². The Morgan fingerprint density at radius 3 is 2.35 bits per heavy atom. The van der Waals surface area contributed by atoms with Gasteiger partial charge in [0.05, 0.1) is 16.3 Å². The molecule has 1 fully saturated rings. The van der Waals surface area contributed by atoms with Gasteiger partial charge in [-0.05, 0) is 26.0 Å². The van der Waals surface area contributed by atoms with Crippen LogP contribution in [0.2, 0.25) is 0 Å². The molecule has 0 spiro atoms. The van der Waals surface area contributed by atoms with E-state index < -0.39 is 0 Å². The lowest BCUT2D eigenvalue weighted by Gasteiger charge is -2.36. The third-order valence-corrected chi connectivity index (χ3v) is 4.72. The highest BCUT2D eigenvalue weighted by Crippen LogP contribution is 2.19. The van der Waals surface area contributed by atoms with Crippen molar-refractivity contribution < 1.29 is 9.59 Å². The Morgan fingerprint density at radius 1 is 1.20 bits per heavy atom. The first kappa shape index (κ1) is 15.2. The predicted octanol–water partition coefficient (Wildman–Crippen LogP) is 1.06. The Balaban J connectivity index is 1.98. The molecule has 0 atom stereocenters. The molecule has 1 aliphatic rings. The van der Waals surface area contributed by atoms with Crippen LogP contribution in [0.4, 0.5) is 0 Å². The van der Waals surface area contributed by atoms with E-state index in [2.05, 4.69) is 18.7 Å². The number of ketones is 1. The van der Waals surface area contributed by atoms with Crippen molar-refractivity contribution in [2.45, 2.75) is 19.9 Å². The summed E-state index contributed by atoms with van der Waals surface area (Å²) in [6.45, 7) is 7.63. The van der Waals surface area contributed by atoms with E-state index in [1.165, 1.54) is 11.3 Å². The van der Waals surface area contributed by atoms with Crippen LogP contribution in [-0.2, 0) is 0 Å². The summed E-state index contributed by atoms with van der Waals surface area (Å²) in [6, 6.07) is 3.94. The van der Waals surface area contributed by atoms with E-state index in [-0.39, 0.29) is 18.2 Å². The Morgan fingerprint density at radius 2 is 1.80 bits per heavy atom. The van der Waals surface area contributed by atoms with Crippen LogP contribution in [0, 0.1) is 0 Å². The number of carbonyl (C=O) groups is 2. The average molecular weight is 295 g/mol. The molecule has 0 aliphatic carbocycles. The molecule has 110 valence electrons. The number of piperazine rings is 1. The molecule has 1 aliphatic heterocycles. The third kappa shape index (κ3) is 3.26. The number of Topliss-reactive ketones (excluding diaryl/α,β-unsaturated/α-hetero) is 1. The summed E-state index contributed by atoms with van der Waals surface area (Å²) in [5.74, 6) is -0.0897. The quantitative estimate of drug-likeness (QED) is 0.843. The van der Waals surface area contributed by atoms with Gasteiger partial charge in [0.1, 0.15) is 0 Å². The highest BCUT2D eigenvalue weighted by atomic mass is 32.1. The summed E-state index contributed by atoms with van der Waals surface area (Å²) >= 11 is 1.24. The second kappa shape index (κ2) is 6.47. The Bertz CT molecular complexity index is 490. The maximum Gasteiger partial charge on any atom is 0.264 e. The smallest absolute Gasteiger partial charge is 0.264 e. The molecule has 5 nitrogen and oxygen atoms in total. The third-order valence-electron chi connectivity index (χ3n) is 3.61. The van der Waals surface area contributed by atoms with Gasteiger partial charge >= 0.3 is 0 Å². The van der Waals surface area contributed by atoms with Crippen molar-refractivity contribution in [1.82, 2.24) is 9.80 Å². The molecule has 1 saturated heterocycles. The van der Waals surface area contributed by atoms with Gasteiger partial charge in [0.15, 0.2) is 5.78 Å². The SMILES string of the molecule is CC(C)N1CCN(C(=O)c2ccc(C(=O)CN)s2)CC1. The molecule has 20 heavy (non-hydrogen) atoms. The minimum absolute atomic E-state index is 0.0127. The van der Waals surface area contributed by atoms with Crippen LogP contribution >= 0.6 is 11.3 Å². The van der Waals surface area contributed by atoms with E-state index in [1.54, 1.807) is 12.1 Å². The molecule has 6 heteroatoms. The summed E-state index contributed by atoms with van der Waals surface area (Å²) in [6.07, 6.45) is 0. The lowest BCUT2D eigenvalue weighted by atomic mass is 10.2. The first-order chi connectivity index (χ1) is 9.52. The van der Waals surface area contributed by atoms with Gasteiger partial charge in [-0.2, -0.15) is 0 Å². The zero-order chi connectivity index (χ0) is 14.7. The number of hydrogen-bond acceptors (Lipinski definition) is 5. The molecule has 1 amide bonds. The molecule has 2 heterocycles. The first-order valence-corrected chi connectivity index (χ1v) is 7.71. The molecule has 2 rings (SSSR count). The fraction of sp³-hybridized carbons (Fsp3) is 0.571. The molecular weight excluding hydrogens is 274 g/mol. The maximum absolute atomic E-state index is 12.4. The van der Waals surface area contributed by atoms with E-state index >= 15 is 0 Å². The lowest BCUT2D eigenvalue weighted by molar-refractivity contribution is 0.0600. The van der Waals surface area contributed by atoms with Gasteiger partial charge in [-0.1, -0.05) is 0 Å². The van der Waals surface area contributed by atoms with Crippen LogP contribution in [0.5, 0.6) is 0 Å². The van der Waals surface area contributed by atoms with Crippen LogP contribution < -0.4 is 5.73 Å². The van der Waals surface area contributed by atoms with Crippen molar-refractivity contribution >= 4 is 23.0 Å². The van der Waals surface area contributed by atoms with Crippen molar-refractivity contribution in [3.63, 3.8) is 0 Å². The predicted molar refractivity (Wildman–Crippen MR) is 80.3 cm³/mol. The first-order valence-electron chi connectivity index (χ1n) is 6.89. The van der Waals surface area contributed by atoms with Gasteiger partial charge in [0.2, 0.25) is 0 Å². The minimum atomic E-state index is -0.112. The summed E-state index contributed by atoms with van der Waals surface area (Å²) in [7, 11) is 0. The fourth-order valence-corrected chi connectivity index (χ4v) is 3.22. The number of carbonyl (C=O) groups excluding carboxylic acids is 2. The molecular formula is C14H21N3O2S. The molecule has 2 N–H and O–H groups in total. The summed E-state index contributed by atoms with van der Waals surface area (Å²) < 4.78 is 0. The summed E-state index contributed by atoms with van der Waals surface area (Å²) in [4.78, 5) is 29.3. The number of hydrogen-bond donors (Lipinski definition) is 1. The van der Waals surface area contributed by atoms with E-state index in [1.807, 2.05) is 4.90 Å². The van der Waals surface area contributed by atoms with Crippen LogP contribution in [0.25, 0.3) is 0 Å². The normalized spacial score (nSPS) is 16.7. The van der Waals surface area contributed by atoms with Gasteiger partial charge in [-0.15, -0.1) is 11.3 Å². The molecule has 1 aromatic heterocycles. The lowest BCUT2D eigenvalue weighted by Crippen LogP contribution is -2.50. The number of rotatable bonds is 4. The fourth-order valence-electron chi connectivity index (χ4n) is 2.30. The van der Waals surface area contributed by atoms with E-state index in [4.69, 9.17) is 5.73 Å². The van der Waals surface area contributed by atoms with Gasteiger partial charge in [0, 0.05) is 32.2 Å². The van der Waals surface area contributed by atoms with Crippen molar-refractivity contribution in [3.05, 3.63) is 21.9 Å². The Kier molecular flexibility index (Phi) is 4.91. The van der Waals surface area contributed by atoms with Crippen molar-refractivity contribution in [2.24, 2.45) is 5.73 Å². The maximum atomic E-state index is 12.4. The van der Waals surface area contributed by atoms with Crippen molar-refractivity contribution in [3.8, 4) is 0 Å². The van der Waals surface area contributed by atoms with E-state index in [9.17, 15) is 9.59 Å². The molecule has 0 radical (unpaired) electrons. The monoisotopic (exact) mass is 295 g/mol. The number of thiophene rings is 1. The number of nitrogens with zero attached hydrogens (tertiary/aromatic N) is 2. The van der Waals surface area contributed by atoms with Crippen LogP contribution in [-0.4, -0.2) is 60.3 Å². The number of nitrogens with two attached hydrogens (primary N) is 1. The van der Waals surface area contributed by atoms with Gasteiger partial charge in [0.25, 0.3) is 5.91 Å². The average Bonchev–Trinajstić information content (AvgIpc) is 2.95. The number of amides is 1. The second-order valence-corrected chi connectivity index (χ2v) is 6.30. The second-order valence-electron chi connectivity index (χ2n) is 5.21. The van der Waals surface area contributed by atoms with Gasteiger partial charge in [-0.3, -0.25) is 14.5 Å². The van der Waals surface area contributed by atoms with Crippen LogP contribution in [0.15, 0.2) is 12.1 Å². The minimum Gasteiger partial charge on any atom is -0.335 e. The van der Waals surface area contributed by atoms with Crippen LogP contribution in [0.1, 0.15) is 33.2 Å².